The zero-order valence-corrected chi connectivity index (χ0v) is 10.8. The van der Waals surface area contributed by atoms with Crippen LogP contribution < -0.4 is 5.32 Å². The van der Waals surface area contributed by atoms with Crippen LogP contribution in [0.3, 0.4) is 0 Å². The van der Waals surface area contributed by atoms with Crippen molar-refractivity contribution in [1.29, 1.82) is 0 Å². The van der Waals surface area contributed by atoms with Crippen LogP contribution in [0.15, 0.2) is 18.2 Å². The van der Waals surface area contributed by atoms with E-state index >= 15 is 0 Å². The number of halogens is 1. The molecule has 0 saturated heterocycles. The van der Waals surface area contributed by atoms with E-state index in [0.717, 1.165) is 19.3 Å². The van der Waals surface area contributed by atoms with Crippen LogP contribution in [-0.4, -0.2) is 27.0 Å². The summed E-state index contributed by atoms with van der Waals surface area (Å²) < 4.78 is 0. The van der Waals surface area contributed by atoms with Gasteiger partial charge in [0.15, 0.2) is 0 Å². The molecule has 1 aliphatic rings. The molecule has 0 aliphatic heterocycles. The molecule has 0 atom stereocenters. The molecule has 0 heterocycles. The molecule has 0 radical (unpaired) electrons. The Bertz CT molecular complexity index is 418. The highest BCUT2D eigenvalue weighted by Gasteiger charge is 2.38. The number of amides is 1. The van der Waals surface area contributed by atoms with Crippen molar-refractivity contribution in [2.45, 2.75) is 24.8 Å². The predicted molar refractivity (Wildman–Crippen MR) is 67.6 cm³/mol. The molecule has 3 N–H and O–H groups in total. The normalized spacial score (nSPS) is 17.2. The number of benzene rings is 1. The fourth-order valence-corrected chi connectivity index (χ4v) is 2.66. The summed E-state index contributed by atoms with van der Waals surface area (Å²) in [5.41, 5.74) is -0.286. The maximum absolute atomic E-state index is 12.0. The maximum atomic E-state index is 12.0. The molecule has 1 aliphatic carbocycles. The highest BCUT2D eigenvalue weighted by Crippen LogP contribution is 2.35. The van der Waals surface area contributed by atoms with E-state index < -0.39 is 5.91 Å². The number of phenols is 2. The highest BCUT2D eigenvalue weighted by molar-refractivity contribution is 9.09. The van der Waals surface area contributed by atoms with Crippen LogP contribution in [0, 0.1) is 0 Å². The number of carbonyl (C=O) groups excluding carboxylic acids is 1. The van der Waals surface area contributed by atoms with Gasteiger partial charge in [0.2, 0.25) is 0 Å². The molecule has 17 heavy (non-hydrogen) atoms. The molecular formula is C12H14BrNO3. The summed E-state index contributed by atoms with van der Waals surface area (Å²) in [4.78, 5) is 12.0. The van der Waals surface area contributed by atoms with E-state index in [1.807, 2.05) is 0 Å². The van der Waals surface area contributed by atoms with Gasteiger partial charge in [-0.1, -0.05) is 22.0 Å². The second-order valence-electron chi connectivity index (χ2n) is 4.39. The second-order valence-corrected chi connectivity index (χ2v) is 4.95. The summed E-state index contributed by atoms with van der Waals surface area (Å²) >= 11 is 3.38. The van der Waals surface area contributed by atoms with Crippen LogP contribution in [0.2, 0.25) is 0 Å². The number of alkyl halides is 1. The summed E-state index contributed by atoms with van der Waals surface area (Å²) in [6.07, 6.45) is 2.91. The fraction of sp³-hybridized carbons (Fsp3) is 0.417. The summed E-state index contributed by atoms with van der Waals surface area (Å²) in [6, 6.07) is 4.26. The number of hydrogen-bond acceptors (Lipinski definition) is 3. The van der Waals surface area contributed by atoms with E-state index in [2.05, 4.69) is 21.2 Å². The Labute approximate surface area is 108 Å². The lowest BCUT2D eigenvalue weighted by molar-refractivity contribution is 0.0851. The minimum atomic E-state index is -0.431. The van der Waals surface area contributed by atoms with Crippen molar-refractivity contribution < 1.29 is 15.0 Å². The minimum absolute atomic E-state index is 0.0558. The van der Waals surface area contributed by atoms with Crippen LogP contribution in [0.4, 0.5) is 0 Å². The molecule has 2 rings (SSSR count). The first-order chi connectivity index (χ1) is 8.08. The van der Waals surface area contributed by atoms with Crippen LogP contribution in [-0.2, 0) is 0 Å². The van der Waals surface area contributed by atoms with Crippen LogP contribution in [0.25, 0.3) is 0 Å². The smallest absolute Gasteiger partial charge is 0.259 e. The number of phenolic OH excluding ortho intramolecular Hbond substituents is 2. The molecule has 5 heteroatoms. The molecule has 0 bridgehead atoms. The van der Waals surface area contributed by atoms with Gasteiger partial charge in [0.1, 0.15) is 17.1 Å². The predicted octanol–water partition coefficient (Wildman–Crippen LogP) is 2.15. The molecule has 1 amide bonds. The Morgan fingerprint density at radius 3 is 2.35 bits per heavy atom. The monoisotopic (exact) mass is 299 g/mol. The third-order valence-corrected chi connectivity index (χ3v) is 4.27. The van der Waals surface area contributed by atoms with Crippen molar-refractivity contribution in [2.75, 3.05) is 5.33 Å². The Hall–Kier alpha value is -1.23. The van der Waals surface area contributed by atoms with E-state index in [0.29, 0.717) is 5.33 Å². The first kappa shape index (κ1) is 12.2. The Morgan fingerprint density at radius 2 is 1.94 bits per heavy atom. The third-order valence-electron chi connectivity index (χ3n) is 3.19. The van der Waals surface area contributed by atoms with Gasteiger partial charge in [-0.25, -0.2) is 0 Å². The largest absolute Gasteiger partial charge is 0.507 e. The lowest BCUT2D eigenvalue weighted by atomic mass is 9.78. The minimum Gasteiger partial charge on any atom is -0.507 e. The number of aromatic hydroxyl groups is 2. The summed E-state index contributed by atoms with van der Waals surface area (Å²) in [6.45, 7) is 0. The molecule has 1 saturated carbocycles. The standard InChI is InChI=1S/C12H14BrNO3/c13-7-12(5-2-6-12)14-11(17)10-8(15)3-1-4-9(10)16/h1,3-4,15-16H,2,5-7H2,(H,14,17). The van der Waals surface area contributed by atoms with Gasteiger partial charge in [0.05, 0.1) is 5.54 Å². The SMILES string of the molecule is O=C(NC1(CBr)CCC1)c1c(O)cccc1O. The molecule has 0 aromatic heterocycles. The molecule has 1 fully saturated rings. The summed E-state index contributed by atoms with van der Waals surface area (Å²) in [5, 5.41) is 22.7. The van der Waals surface area contributed by atoms with Gasteiger partial charge < -0.3 is 15.5 Å². The van der Waals surface area contributed by atoms with Gasteiger partial charge in [0, 0.05) is 5.33 Å². The second kappa shape index (κ2) is 4.56. The summed E-state index contributed by atoms with van der Waals surface area (Å²) in [5.74, 6) is -0.835. The zero-order valence-electron chi connectivity index (χ0n) is 9.24. The molecular weight excluding hydrogens is 286 g/mol. The Morgan fingerprint density at radius 1 is 1.35 bits per heavy atom. The molecule has 92 valence electrons. The topological polar surface area (TPSA) is 69.6 Å². The first-order valence-corrected chi connectivity index (χ1v) is 6.59. The Kier molecular flexibility index (Phi) is 3.28. The van der Waals surface area contributed by atoms with Gasteiger partial charge >= 0.3 is 0 Å². The molecule has 4 nitrogen and oxygen atoms in total. The lowest BCUT2D eigenvalue weighted by Crippen LogP contribution is -2.54. The average Bonchev–Trinajstić information content (AvgIpc) is 2.23. The Balaban J connectivity index is 2.20. The van der Waals surface area contributed by atoms with E-state index in [1.165, 1.54) is 18.2 Å². The van der Waals surface area contributed by atoms with Crippen molar-refractivity contribution in [3.63, 3.8) is 0 Å². The lowest BCUT2D eigenvalue weighted by Gasteiger charge is -2.41. The van der Waals surface area contributed by atoms with Gasteiger partial charge in [0.25, 0.3) is 5.91 Å². The van der Waals surface area contributed by atoms with Crippen LogP contribution in [0.5, 0.6) is 11.5 Å². The number of hydrogen-bond donors (Lipinski definition) is 3. The number of nitrogens with one attached hydrogen (secondary N) is 1. The van der Waals surface area contributed by atoms with Crippen LogP contribution >= 0.6 is 15.9 Å². The van der Waals surface area contributed by atoms with Crippen molar-refractivity contribution in [3.05, 3.63) is 23.8 Å². The van der Waals surface area contributed by atoms with Crippen molar-refractivity contribution >= 4 is 21.8 Å². The van der Waals surface area contributed by atoms with Crippen molar-refractivity contribution in [2.24, 2.45) is 0 Å². The zero-order chi connectivity index (χ0) is 12.5. The molecule has 1 aromatic rings. The van der Waals surface area contributed by atoms with Gasteiger partial charge in [-0.2, -0.15) is 0 Å². The van der Waals surface area contributed by atoms with E-state index in [9.17, 15) is 15.0 Å². The highest BCUT2D eigenvalue weighted by atomic mass is 79.9. The molecule has 0 spiro atoms. The van der Waals surface area contributed by atoms with Crippen molar-refractivity contribution in [1.82, 2.24) is 5.32 Å². The third kappa shape index (κ3) is 2.24. The summed E-state index contributed by atoms with van der Waals surface area (Å²) in [7, 11) is 0. The molecule has 0 unspecified atom stereocenters. The quantitative estimate of drug-likeness (QED) is 0.749. The molecule has 1 aromatic carbocycles. The first-order valence-electron chi connectivity index (χ1n) is 5.47. The van der Waals surface area contributed by atoms with Crippen LogP contribution in [0.1, 0.15) is 29.6 Å². The van der Waals surface area contributed by atoms with E-state index in [1.54, 1.807) is 0 Å². The van der Waals surface area contributed by atoms with Gasteiger partial charge in [-0.05, 0) is 31.4 Å². The van der Waals surface area contributed by atoms with E-state index in [4.69, 9.17) is 0 Å². The maximum Gasteiger partial charge on any atom is 0.259 e. The average molecular weight is 300 g/mol. The number of rotatable bonds is 3. The fourth-order valence-electron chi connectivity index (χ4n) is 1.96. The van der Waals surface area contributed by atoms with E-state index in [-0.39, 0.29) is 22.6 Å². The number of carbonyl (C=O) groups is 1. The van der Waals surface area contributed by atoms with Crippen molar-refractivity contribution in [3.8, 4) is 11.5 Å². The van der Waals surface area contributed by atoms with Gasteiger partial charge in [-0.3, -0.25) is 4.79 Å². The van der Waals surface area contributed by atoms with Gasteiger partial charge in [-0.15, -0.1) is 0 Å².